The smallest absolute Gasteiger partial charge is 0.269 e. The summed E-state index contributed by atoms with van der Waals surface area (Å²) in [5.74, 6) is 0.240. The van der Waals surface area contributed by atoms with E-state index >= 15 is 0 Å². The van der Waals surface area contributed by atoms with Crippen molar-refractivity contribution in [2.45, 2.75) is 46.0 Å². The number of nitriles is 1. The Kier molecular flexibility index (Phi) is 5.06. The number of benzene rings is 2. The van der Waals surface area contributed by atoms with E-state index < -0.39 is 4.92 Å². The third-order valence-corrected chi connectivity index (χ3v) is 6.36. The van der Waals surface area contributed by atoms with E-state index in [1.54, 1.807) is 12.1 Å². The van der Waals surface area contributed by atoms with Gasteiger partial charge < -0.3 is 5.73 Å². The Labute approximate surface area is 182 Å². The summed E-state index contributed by atoms with van der Waals surface area (Å²) in [7, 11) is 0. The molecule has 0 spiro atoms. The first-order valence-electron chi connectivity index (χ1n) is 10.4. The Hall–Kier alpha value is -3.59. The van der Waals surface area contributed by atoms with Crippen molar-refractivity contribution in [3.63, 3.8) is 0 Å². The lowest BCUT2D eigenvalue weighted by Gasteiger charge is -2.44. The van der Waals surface area contributed by atoms with Crippen LogP contribution in [0.25, 0.3) is 0 Å². The van der Waals surface area contributed by atoms with Gasteiger partial charge in [0.15, 0.2) is 0 Å². The van der Waals surface area contributed by atoms with E-state index in [1.807, 2.05) is 11.8 Å². The van der Waals surface area contributed by atoms with Crippen LogP contribution in [0.1, 0.15) is 50.2 Å². The monoisotopic (exact) mass is 414 g/mol. The maximum Gasteiger partial charge on any atom is 0.269 e. The summed E-state index contributed by atoms with van der Waals surface area (Å²) >= 11 is 0. The molecule has 1 aliphatic heterocycles. The molecule has 0 bridgehead atoms. The van der Waals surface area contributed by atoms with Gasteiger partial charge in [0.25, 0.3) is 5.69 Å². The van der Waals surface area contributed by atoms with Crippen molar-refractivity contribution >= 4 is 11.4 Å². The van der Waals surface area contributed by atoms with Crippen molar-refractivity contribution in [1.29, 1.82) is 5.26 Å². The second-order valence-corrected chi connectivity index (χ2v) is 9.18. The van der Waals surface area contributed by atoms with Gasteiger partial charge >= 0.3 is 0 Å². The highest BCUT2D eigenvalue weighted by atomic mass is 16.6. The zero-order valence-electron chi connectivity index (χ0n) is 18.1. The molecule has 0 saturated heterocycles. The van der Waals surface area contributed by atoms with E-state index in [0.29, 0.717) is 11.4 Å². The first-order valence-corrected chi connectivity index (χ1v) is 10.4. The molecule has 1 heterocycles. The average molecular weight is 415 g/mol. The van der Waals surface area contributed by atoms with E-state index in [-0.39, 0.29) is 17.0 Å². The van der Waals surface area contributed by atoms with Crippen LogP contribution in [-0.2, 0) is 0 Å². The molecule has 0 saturated carbocycles. The molecule has 0 radical (unpaired) electrons. The molecule has 158 valence electrons. The molecule has 2 N–H and O–H groups in total. The van der Waals surface area contributed by atoms with Gasteiger partial charge in [-0.3, -0.25) is 15.0 Å². The largest absolute Gasteiger partial charge is 0.384 e. The van der Waals surface area contributed by atoms with Gasteiger partial charge in [0.1, 0.15) is 5.82 Å². The average Bonchev–Trinajstić information content (AvgIpc) is 2.73. The lowest BCUT2D eigenvalue weighted by Crippen LogP contribution is -2.39. The molecule has 1 atom stereocenters. The Bertz CT molecular complexity index is 1140. The number of aryl methyl sites for hydroxylation is 1. The maximum atomic E-state index is 11.1. The summed E-state index contributed by atoms with van der Waals surface area (Å²) in [6, 6.07) is 17.0. The SMILES string of the molecule is Cc1ccc(C2C(C#N)=C(N)N(c3ccc([N+](=O)[O-])cc3)C3=C2CCC(C)(C)C3)cc1. The standard InChI is InChI=1S/C25H26N4O2/c1-16-4-6-17(7-5-16)23-20-12-13-25(2,3)14-22(20)28(24(27)21(23)15-26)18-8-10-19(11-9-18)29(30)31/h4-11,23H,12-14,27H2,1-3H3. The number of anilines is 1. The van der Waals surface area contributed by atoms with Gasteiger partial charge in [-0.15, -0.1) is 0 Å². The van der Waals surface area contributed by atoms with Crippen molar-refractivity contribution in [3.05, 3.63) is 92.4 Å². The molecule has 31 heavy (non-hydrogen) atoms. The Balaban J connectivity index is 1.90. The molecule has 6 heteroatoms. The van der Waals surface area contributed by atoms with Crippen LogP contribution in [0.4, 0.5) is 11.4 Å². The molecule has 0 aromatic heterocycles. The fraction of sp³-hybridized carbons (Fsp3) is 0.320. The normalized spacial score (nSPS) is 20.3. The predicted octanol–water partition coefficient (Wildman–Crippen LogP) is 5.67. The van der Waals surface area contributed by atoms with Crippen LogP contribution in [0, 0.1) is 33.8 Å². The Morgan fingerprint density at radius 2 is 1.81 bits per heavy atom. The highest BCUT2D eigenvalue weighted by Crippen LogP contribution is 2.51. The Morgan fingerprint density at radius 1 is 1.16 bits per heavy atom. The van der Waals surface area contributed by atoms with E-state index in [9.17, 15) is 15.4 Å². The number of allylic oxidation sites excluding steroid dienone is 3. The van der Waals surface area contributed by atoms with E-state index in [0.717, 1.165) is 36.2 Å². The second kappa shape index (κ2) is 7.59. The van der Waals surface area contributed by atoms with Crippen molar-refractivity contribution in [2.75, 3.05) is 4.90 Å². The lowest BCUT2D eigenvalue weighted by atomic mass is 9.69. The summed E-state index contributed by atoms with van der Waals surface area (Å²) in [6.07, 6.45) is 2.73. The minimum atomic E-state index is -0.415. The van der Waals surface area contributed by atoms with Gasteiger partial charge in [-0.2, -0.15) is 5.26 Å². The zero-order chi connectivity index (χ0) is 22.3. The van der Waals surface area contributed by atoms with Crippen molar-refractivity contribution < 1.29 is 4.92 Å². The van der Waals surface area contributed by atoms with Crippen LogP contribution in [0.15, 0.2) is 71.2 Å². The van der Waals surface area contributed by atoms with Crippen LogP contribution < -0.4 is 10.6 Å². The highest BCUT2D eigenvalue weighted by Gasteiger charge is 2.40. The van der Waals surface area contributed by atoms with Gasteiger partial charge in [-0.25, -0.2) is 0 Å². The summed E-state index contributed by atoms with van der Waals surface area (Å²) < 4.78 is 0. The van der Waals surface area contributed by atoms with Crippen molar-refractivity contribution in [2.24, 2.45) is 11.1 Å². The molecular formula is C25H26N4O2. The van der Waals surface area contributed by atoms with E-state index in [4.69, 9.17) is 5.73 Å². The zero-order valence-corrected chi connectivity index (χ0v) is 18.1. The molecule has 0 fully saturated rings. The first kappa shape index (κ1) is 20.7. The quantitative estimate of drug-likeness (QED) is 0.516. The lowest BCUT2D eigenvalue weighted by molar-refractivity contribution is -0.384. The van der Waals surface area contributed by atoms with Gasteiger partial charge in [0.05, 0.1) is 16.6 Å². The highest BCUT2D eigenvalue weighted by molar-refractivity contribution is 5.67. The van der Waals surface area contributed by atoms with Crippen LogP contribution in [0.3, 0.4) is 0 Å². The molecular weight excluding hydrogens is 388 g/mol. The maximum absolute atomic E-state index is 11.1. The molecule has 2 aliphatic rings. The topological polar surface area (TPSA) is 96.2 Å². The summed E-state index contributed by atoms with van der Waals surface area (Å²) in [5.41, 5.74) is 12.6. The molecule has 4 rings (SSSR count). The number of nitrogens with two attached hydrogens (primary N) is 1. The molecule has 2 aromatic carbocycles. The van der Waals surface area contributed by atoms with E-state index in [1.165, 1.54) is 23.3 Å². The number of non-ortho nitro benzene ring substituents is 1. The molecule has 0 amide bonds. The number of hydrogen-bond acceptors (Lipinski definition) is 5. The third-order valence-electron chi connectivity index (χ3n) is 6.36. The van der Waals surface area contributed by atoms with Gasteiger partial charge in [-0.05, 0) is 54.9 Å². The minimum Gasteiger partial charge on any atom is -0.384 e. The number of nitrogens with zero attached hydrogens (tertiary/aromatic N) is 3. The third kappa shape index (κ3) is 3.68. The van der Waals surface area contributed by atoms with Crippen LogP contribution >= 0.6 is 0 Å². The summed E-state index contributed by atoms with van der Waals surface area (Å²) in [4.78, 5) is 12.6. The number of nitro benzene ring substituents is 1. The van der Waals surface area contributed by atoms with Crippen LogP contribution in [0.5, 0.6) is 0 Å². The minimum absolute atomic E-state index is 0.0273. The first-order chi connectivity index (χ1) is 14.7. The fourth-order valence-electron chi connectivity index (χ4n) is 4.66. The van der Waals surface area contributed by atoms with Gasteiger partial charge in [0, 0.05) is 29.4 Å². The van der Waals surface area contributed by atoms with Gasteiger partial charge in [0.2, 0.25) is 0 Å². The van der Waals surface area contributed by atoms with Crippen molar-refractivity contribution in [1.82, 2.24) is 0 Å². The van der Waals surface area contributed by atoms with Crippen LogP contribution in [-0.4, -0.2) is 4.92 Å². The number of rotatable bonds is 3. The second-order valence-electron chi connectivity index (χ2n) is 9.18. The van der Waals surface area contributed by atoms with Crippen molar-refractivity contribution in [3.8, 4) is 6.07 Å². The summed E-state index contributed by atoms with van der Waals surface area (Å²) in [5, 5.41) is 21.2. The van der Waals surface area contributed by atoms with E-state index in [2.05, 4.69) is 44.2 Å². The predicted molar refractivity (Wildman–Crippen MR) is 121 cm³/mol. The van der Waals surface area contributed by atoms with Gasteiger partial charge in [-0.1, -0.05) is 43.7 Å². The van der Waals surface area contributed by atoms with Crippen LogP contribution in [0.2, 0.25) is 0 Å². The molecule has 1 unspecified atom stereocenters. The molecule has 6 nitrogen and oxygen atoms in total. The fourth-order valence-corrected chi connectivity index (χ4v) is 4.66. The number of nitro groups is 1. The molecule has 1 aliphatic carbocycles. The number of hydrogen-bond donors (Lipinski definition) is 1. The summed E-state index contributed by atoms with van der Waals surface area (Å²) in [6.45, 7) is 6.53. The Morgan fingerprint density at radius 3 is 2.39 bits per heavy atom. The molecule has 2 aromatic rings.